The topological polar surface area (TPSA) is 128 Å². The quantitative estimate of drug-likeness (QED) is 0.140. The van der Waals surface area contributed by atoms with Crippen molar-refractivity contribution < 1.29 is 60.3 Å². The van der Waals surface area contributed by atoms with Crippen molar-refractivity contribution in [3.8, 4) is 0 Å². The molecule has 0 unspecified atom stereocenters. The molecule has 1 aliphatic heterocycles. The second-order valence-electron chi connectivity index (χ2n) is 9.33. The molecule has 0 fully saturated rings. The number of nitrogens with one attached hydrogen (secondary N) is 1. The van der Waals surface area contributed by atoms with Crippen molar-refractivity contribution in [2.45, 2.75) is 37.6 Å². The fourth-order valence-electron chi connectivity index (χ4n) is 4.25. The van der Waals surface area contributed by atoms with Crippen LogP contribution in [0.2, 0.25) is 10.0 Å². The van der Waals surface area contributed by atoms with E-state index in [9.17, 15) is 26.2 Å². The summed E-state index contributed by atoms with van der Waals surface area (Å²) >= 11 is 15.5. The number of fused-ring (bicyclic) bond motifs is 2. The number of benzene rings is 2. The standard InChI is InChI=1S/C26H27Cl2N3O6S4.Na/c1-3-17(12-25-30(10-4-5-11-41(35,36)37)20-14-18(27)6-8-22(20)38-25)13-26-31(16-24(32)29-40(2,33)34)21-15-19(28)7-9-23(21)39-26;/h6-9,12-15H,3-5,10-11,16H2,1-2H3,(H-,29,32,35,36,37);/q;+1. The largest absolute Gasteiger partial charge is 1.00 e. The summed E-state index contributed by atoms with van der Waals surface area (Å²) in [4.78, 5) is 15.6. The first-order valence-corrected chi connectivity index (χ1v) is 18.3. The predicted octanol–water partition coefficient (Wildman–Crippen LogP) is 2.15. The number of thioether (sulfide) groups is 1. The summed E-state index contributed by atoms with van der Waals surface area (Å²) in [5, 5.41) is 2.70. The molecule has 16 heteroatoms. The Labute approximate surface area is 286 Å². The Bertz CT molecular complexity index is 1780. The average Bonchev–Trinajstić information content (AvgIpc) is 3.36. The van der Waals surface area contributed by atoms with Crippen LogP contribution >= 0.6 is 46.3 Å². The molecule has 0 spiro atoms. The van der Waals surface area contributed by atoms with Crippen LogP contribution in [0.5, 0.6) is 0 Å². The number of carbonyl (C=O) groups is 1. The van der Waals surface area contributed by atoms with Gasteiger partial charge in [-0.05, 0) is 61.2 Å². The van der Waals surface area contributed by atoms with Gasteiger partial charge in [0.25, 0.3) is 10.9 Å². The molecular formula is C26H27Cl2N3NaO6S4+. The first-order valence-electron chi connectivity index (χ1n) is 12.5. The monoisotopic (exact) mass is 698 g/mol. The maximum absolute atomic E-state index is 12.6. The van der Waals surface area contributed by atoms with E-state index in [1.165, 1.54) is 11.3 Å². The van der Waals surface area contributed by atoms with Crippen molar-refractivity contribution in [3.63, 3.8) is 0 Å². The molecule has 0 aliphatic carbocycles. The molecule has 9 nitrogen and oxygen atoms in total. The van der Waals surface area contributed by atoms with Crippen LogP contribution in [0.4, 0.5) is 5.69 Å². The molecule has 0 radical (unpaired) electrons. The van der Waals surface area contributed by atoms with Crippen molar-refractivity contribution in [1.29, 1.82) is 0 Å². The summed E-state index contributed by atoms with van der Waals surface area (Å²) in [6.45, 7) is 2.27. The number of unbranched alkanes of at least 4 members (excludes halogenated alkanes) is 1. The molecule has 1 N–H and O–H groups in total. The van der Waals surface area contributed by atoms with Crippen LogP contribution in [0, 0.1) is 0 Å². The Hall–Kier alpha value is -1.13. The van der Waals surface area contributed by atoms with Gasteiger partial charge in [0.05, 0.1) is 27.1 Å². The van der Waals surface area contributed by atoms with Crippen molar-refractivity contribution in [2.24, 2.45) is 0 Å². The number of hydrogen-bond donors (Lipinski definition) is 1. The molecule has 0 atom stereocenters. The fourth-order valence-corrected chi connectivity index (χ4v) is 7.88. The number of halogens is 2. The Morgan fingerprint density at radius 3 is 2.45 bits per heavy atom. The number of thiazole rings is 1. The molecule has 4 rings (SSSR count). The second kappa shape index (κ2) is 14.8. The van der Waals surface area contributed by atoms with Crippen molar-refractivity contribution in [3.05, 3.63) is 68.1 Å². The van der Waals surface area contributed by atoms with Gasteiger partial charge in [-0.25, -0.2) is 21.6 Å². The molecule has 1 amide bonds. The van der Waals surface area contributed by atoms with E-state index in [1.807, 2.05) is 48.1 Å². The second-order valence-corrected chi connectivity index (χ2v) is 15.6. The van der Waals surface area contributed by atoms with Gasteiger partial charge >= 0.3 is 29.6 Å². The van der Waals surface area contributed by atoms with Crippen molar-refractivity contribution >= 4 is 94.3 Å². The van der Waals surface area contributed by atoms with E-state index in [0.29, 0.717) is 34.9 Å². The number of amides is 1. The number of carbonyl (C=O) groups excluding carboxylic acids is 1. The van der Waals surface area contributed by atoms with Crippen LogP contribution in [0.3, 0.4) is 0 Å². The van der Waals surface area contributed by atoms with Gasteiger partial charge in [0.15, 0.2) is 0 Å². The molecule has 220 valence electrons. The molecule has 2 heterocycles. The predicted molar refractivity (Wildman–Crippen MR) is 165 cm³/mol. The van der Waals surface area contributed by atoms with E-state index in [-0.39, 0.29) is 42.5 Å². The molecule has 0 saturated carbocycles. The minimum atomic E-state index is -4.29. The van der Waals surface area contributed by atoms with E-state index in [0.717, 1.165) is 37.1 Å². The van der Waals surface area contributed by atoms with Crippen LogP contribution in [-0.4, -0.2) is 45.8 Å². The zero-order chi connectivity index (χ0) is 29.9. The third kappa shape index (κ3) is 9.68. The number of anilines is 1. The van der Waals surface area contributed by atoms with Gasteiger partial charge in [0, 0.05) is 39.4 Å². The van der Waals surface area contributed by atoms with Crippen LogP contribution in [0.25, 0.3) is 16.3 Å². The maximum atomic E-state index is 12.6. The molecule has 2 aromatic carbocycles. The first kappa shape index (κ1) is 35.4. The number of allylic oxidation sites excluding steroid dienone is 2. The number of aromatic nitrogens is 1. The van der Waals surface area contributed by atoms with Crippen molar-refractivity contribution in [1.82, 2.24) is 4.72 Å². The zero-order valence-corrected chi connectivity index (χ0v) is 29.9. The Kier molecular flexibility index (Phi) is 12.4. The van der Waals surface area contributed by atoms with Crippen LogP contribution in [0.15, 0.2) is 58.0 Å². The number of hydrogen-bond acceptors (Lipinski definition) is 9. The first-order chi connectivity index (χ1) is 19.2. The minimum absolute atomic E-state index is 0. The summed E-state index contributed by atoms with van der Waals surface area (Å²) in [6.07, 6.45) is 6.29. The molecule has 1 aromatic heterocycles. The van der Waals surface area contributed by atoms with Gasteiger partial charge in [-0.1, -0.05) is 53.2 Å². The summed E-state index contributed by atoms with van der Waals surface area (Å²) in [5.74, 6) is -1.09. The Morgan fingerprint density at radius 1 is 1.10 bits per heavy atom. The average molecular weight is 700 g/mol. The van der Waals surface area contributed by atoms with Gasteiger partial charge in [0.1, 0.15) is 4.70 Å². The zero-order valence-electron chi connectivity index (χ0n) is 23.1. The van der Waals surface area contributed by atoms with Gasteiger partial charge in [-0.2, -0.15) is 4.57 Å². The van der Waals surface area contributed by atoms with E-state index in [4.69, 9.17) is 23.2 Å². The summed E-state index contributed by atoms with van der Waals surface area (Å²) in [7, 11) is -8.01. The SMILES string of the molecule is CCC(=Cc1sc2ccc(Cl)cc2[n+]1CC(=O)NS(C)(=O)=O)C=C1Sc2ccc(Cl)cc2N1CCCCS(=O)(=O)[O-].[Na+]. The van der Waals surface area contributed by atoms with Gasteiger partial charge in [-0.15, -0.1) is 0 Å². The van der Waals surface area contributed by atoms with E-state index in [1.54, 1.807) is 28.5 Å². The Morgan fingerprint density at radius 2 is 1.79 bits per heavy atom. The van der Waals surface area contributed by atoms with E-state index >= 15 is 0 Å². The Balaban J connectivity index is 0.00000484. The van der Waals surface area contributed by atoms with Gasteiger partial charge in [-0.3, -0.25) is 4.79 Å². The number of rotatable bonds is 11. The maximum Gasteiger partial charge on any atom is 1.00 e. The fraction of sp³-hybridized carbons (Fsp3) is 0.308. The third-order valence-corrected chi connectivity index (χ3v) is 10.1. The van der Waals surface area contributed by atoms with E-state index in [2.05, 4.69) is 4.90 Å². The minimum Gasteiger partial charge on any atom is -0.748 e. The van der Waals surface area contributed by atoms with Gasteiger partial charge in [0.2, 0.25) is 22.1 Å². The van der Waals surface area contributed by atoms with Crippen molar-refractivity contribution in [2.75, 3.05) is 23.5 Å². The summed E-state index contributed by atoms with van der Waals surface area (Å²) < 4.78 is 61.1. The number of nitrogens with zero attached hydrogens (tertiary/aromatic N) is 2. The van der Waals surface area contributed by atoms with Crippen LogP contribution in [0.1, 0.15) is 31.2 Å². The molecular weight excluding hydrogens is 672 g/mol. The summed E-state index contributed by atoms with van der Waals surface area (Å²) in [5.41, 5.74) is 2.54. The molecule has 0 bridgehead atoms. The third-order valence-electron chi connectivity index (χ3n) is 6.04. The normalized spacial score (nSPS) is 14.7. The molecule has 42 heavy (non-hydrogen) atoms. The van der Waals surface area contributed by atoms with Gasteiger partial charge < -0.3 is 9.45 Å². The van der Waals surface area contributed by atoms with Crippen LogP contribution in [-0.2, 0) is 31.5 Å². The molecule has 1 aliphatic rings. The number of sulfonamides is 1. The van der Waals surface area contributed by atoms with Crippen LogP contribution < -0.4 is 43.7 Å². The summed E-state index contributed by atoms with van der Waals surface area (Å²) in [6, 6.07) is 10.9. The smallest absolute Gasteiger partial charge is 0.748 e. The molecule has 3 aromatic rings. The van der Waals surface area contributed by atoms with E-state index < -0.39 is 31.8 Å². The molecule has 0 saturated heterocycles.